The number of esters is 1. The van der Waals surface area contributed by atoms with Crippen LogP contribution in [0, 0.1) is 5.92 Å². The van der Waals surface area contributed by atoms with Gasteiger partial charge in [-0.2, -0.15) is 0 Å². The van der Waals surface area contributed by atoms with Crippen LogP contribution in [0.2, 0.25) is 0 Å². The number of unbranched alkanes of at least 4 members (excludes halogenated alkanes) is 1. The summed E-state index contributed by atoms with van der Waals surface area (Å²) in [5.41, 5.74) is 0. The van der Waals surface area contributed by atoms with Gasteiger partial charge >= 0.3 is 5.97 Å². The highest BCUT2D eigenvalue weighted by Crippen LogP contribution is 2.15. The second kappa shape index (κ2) is 9.32. The fourth-order valence-electron chi connectivity index (χ4n) is 2.40. The molecule has 4 heteroatoms. The van der Waals surface area contributed by atoms with Crippen LogP contribution in [-0.2, 0) is 9.53 Å². The van der Waals surface area contributed by atoms with E-state index in [1.165, 1.54) is 12.8 Å². The molecule has 0 amide bonds. The molecular weight excluding hydrogens is 240 g/mol. The van der Waals surface area contributed by atoms with E-state index in [4.69, 9.17) is 4.74 Å². The Morgan fingerprint density at radius 2 is 2.05 bits per heavy atom. The first-order valence-electron chi connectivity index (χ1n) is 7.73. The molecule has 1 aliphatic heterocycles. The van der Waals surface area contributed by atoms with Gasteiger partial charge in [-0.3, -0.25) is 9.69 Å². The molecule has 1 rings (SSSR count). The van der Waals surface area contributed by atoms with Crippen LogP contribution in [0.1, 0.15) is 46.5 Å². The van der Waals surface area contributed by atoms with E-state index >= 15 is 0 Å². The molecule has 1 fully saturated rings. The van der Waals surface area contributed by atoms with Crippen LogP contribution < -0.4 is 5.32 Å². The van der Waals surface area contributed by atoms with Crippen LogP contribution in [0.4, 0.5) is 0 Å². The van der Waals surface area contributed by atoms with Crippen molar-refractivity contribution in [3.63, 3.8) is 0 Å². The molecule has 1 heterocycles. The van der Waals surface area contributed by atoms with E-state index in [2.05, 4.69) is 31.0 Å². The third kappa shape index (κ3) is 6.92. The maximum Gasteiger partial charge on any atom is 0.320 e. The third-order valence-corrected chi connectivity index (χ3v) is 3.77. The molecular formula is C15H30N2O2. The molecule has 1 saturated heterocycles. The van der Waals surface area contributed by atoms with Crippen LogP contribution in [0.5, 0.6) is 0 Å². The lowest BCUT2D eigenvalue weighted by molar-refractivity contribution is -0.145. The van der Waals surface area contributed by atoms with Gasteiger partial charge in [0.15, 0.2) is 0 Å². The lowest BCUT2D eigenvalue weighted by atomic mass is 9.97. The van der Waals surface area contributed by atoms with Crippen molar-refractivity contribution in [2.45, 2.75) is 52.5 Å². The molecule has 0 bridgehead atoms. The van der Waals surface area contributed by atoms with Crippen LogP contribution in [0.3, 0.4) is 0 Å². The van der Waals surface area contributed by atoms with Crippen LogP contribution in [0.15, 0.2) is 0 Å². The largest absolute Gasteiger partial charge is 0.465 e. The van der Waals surface area contributed by atoms with E-state index in [0.717, 1.165) is 32.5 Å². The standard InChI is InChI=1S/C15H30N2O2/c1-4-5-10-19-15(18)12-17(13(2)3)11-14-6-8-16-9-7-14/h13-14,16H,4-12H2,1-3H3. The smallest absolute Gasteiger partial charge is 0.320 e. The first kappa shape index (κ1) is 16.4. The molecule has 0 unspecified atom stereocenters. The summed E-state index contributed by atoms with van der Waals surface area (Å²) >= 11 is 0. The van der Waals surface area contributed by atoms with Crippen LogP contribution in [0.25, 0.3) is 0 Å². The number of carbonyl (C=O) groups is 1. The van der Waals surface area contributed by atoms with Gasteiger partial charge in [0.05, 0.1) is 13.2 Å². The molecule has 0 spiro atoms. The van der Waals surface area contributed by atoms with E-state index in [0.29, 0.717) is 25.1 Å². The highest BCUT2D eigenvalue weighted by atomic mass is 16.5. The monoisotopic (exact) mass is 270 g/mol. The fourth-order valence-corrected chi connectivity index (χ4v) is 2.40. The average Bonchev–Trinajstić information content (AvgIpc) is 2.39. The lowest BCUT2D eigenvalue weighted by Crippen LogP contribution is -2.42. The summed E-state index contributed by atoms with van der Waals surface area (Å²) in [5, 5.41) is 3.38. The van der Waals surface area contributed by atoms with Crippen LogP contribution >= 0.6 is 0 Å². The summed E-state index contributed by atoms with van der Waals surface area (Å²) in [6.45, 7) is 10.6. The Balaban J connectivity index is 2.32. The maximum atomic E-state index is 11.8. The Morgan fingerprint density at radius 1 is 1.37 bits per heavy atom. The molecule has 0 atom stereocenters. The Kier molecular flexibility index (Phi) is 8.07. The van der Waals surface area contributed by atoms with Gasteiger partial charge in [-0.15, -0.1) is 0 Å². The minimum absolute atomic E-state index is 0.0731. The summed E-state index contributed by atoms with van der Waals surface area (Å²) in [5.74, 6) is 0.642. The third-order valence-electron chi connectivity index (χ3n) is 3.77. The highest BCUT2D eigenvalue weighted by molar-refractivity contribution is 5.71. The van der Waals surface area contributed by atoms with Gasteiger partial charge in [0.2, 0.25) is 0 Å². The van der Waals surface area contributed by atoms with Gasteiger partial charge in [0, 0.05) is 12.6 Å². The topological polar surface area (TPSA) is 41.6 Å². The van der Waals surface area contributed by atoms with E-state index in [1.807, 2.05) is 0 Å². The molecule has 0 aromatic carbocycles. The Morgan fingerprint density at radius 3 is 2.63 bits per heavy atom. The molecule has 4 nitrogen and oxygen atoms in total. The highest BCUT2D eigenvalue weighted by Gasteiger charge is 2.21. The Hall–Kier alpha value is -0.610. The van der Waals surface area contributed by atoms with Gasteiger partial charge in [0.25, 0.3) is 0 Å². The van der Waals surface area contributed by atoms with Gasteiger partial charge in [0.1, 0.15) is 0 Å². The van der Waals surface area contributed by atoms with E-state index < -0.39 is 0 Å². The number of rotatable bonds is 8. The number of piperidine rings is 1. The number of hydrogen-bond donors (Lipinski definition) is 1. The van der Waals surface area contributed by atoms with Crippen molar-refractivity contribution in [1.29, 1.82) is 0 Å². The minimum Gasteiger partial charge on any atom is -0.465 e. The normalized spacial score (nSPS) is 17.1. The minimum atomic E-state index is -0.0731. The average molecular weight is 270 g/mol. The number of ether oxygens (including phenoxy) is 1. The summed E-state index contributed by atoms with van der Waals surface area (Å²) in [6.07, 6.45) is 4.46. The predicted octanol–water partition coefficient (Wildman–Crippen LogP) is 2.04. The number of nitrogens with zero attached hydrogens (tertiary/aromatic N) is 1. The van der Waals surface area contributed by atoms with Crippen molar-refractivity contribution in [2.75, 3.05) is 32.8 Å². The van der Waals surface area contributed by atoms with Crippen molar-refractivity contribution < 1.29 is 9.53 Å². The lowest BCUT2D eigenvalue weighted by Gasteiger charge is -2.32. The van der Waals surface area contributed by atoms with E-state index in [1.54, 1.807) is 0 Å². The van der Waals surface area contributed by atoms with E-state index in [9.17, 15) is 4.79 Å². The molecule has 1 aliphatic rings. The van der Waals surface area contributed by atoms with Crippen LogP contribution in [-0.4, -0.2) is 49.7 Å². The van der Waals surface area contributed by atoms with Crippen molar-refractivity contribution in [3.8, 4) is 0 Å². The Labute approximate surface area is 117 Å². The quantitative estimate of drug-likeness (QED) is 0.541. The predicted molar refractivity (Wildman–Crippen MR) is 78.2 cm³/mol. The molecule has 0 aromatic heterocycles. The molecule has 112 valence electrons. The number of hydrogen-bond acceptors (Lipinski definition) is 4. The summed E-state index contributed by atoms with van der Waals surface area (Å²) in [6, 6.07) is 0.397. The van der Waals surface area contributed by atoms with Crippen molar-refractivity contribution in [3.05, 3.63) is 0 Å². The number of nitrogens with one attached hydrogen (secondary N) is 1. The second-order valence-corrected chi connectivity index (χ2v) is 5.79. The molecule has 19 heavy (non-hydrogen) atoms. The molecule has 0 aromatic rings. The van der Waals surface area contributed by atoms with Gasteiger partial charge in [-0.25, -0.2) is 0 Å². The zero-order valence-electron chi connectivity index (χ0n) is 12.8. The maximum absolute atomic E-state index is 11.8. The zero-order valence-corrected chi connectivity index (χ0v) is 12.8. The zero-order chi connectivity index (χ0) is 14.1. The molecule has 1 N–H and O–H groups in total. The summed E-state index contributed by atoms with van der Waals surface area (Å²) in [4.78, 5) is 14.1. The second-order valence-electron chi connectivity index (χ2n) is 5.79. The van der Waals surface area contributed by atoms with Gasteiger partial charge in [-0.05, 0) is 52.1 Å². The SMILES string of the molecule is CCCCOC(=O)CN(CC1CCNCC1)C(C)C. The van der Waals surface area contributed by atoms with Gasteiger partial charge in [-0.1, -0.05) is 13.3 Å². The molecule has 0 aliphatic carbocycles. The van der Waals surface area contributed by atoms with Crippen molar-refractivity contribution >= 4 is 5.97 Å². The first-order chi connectivity index (χ1) is 9.13. The molecule has 0 radical (unpaired) electrons. The van der Waals surface area contributed by atoms with Gasteiger partial charge < -0.3 is 10.1 Å². The Bertz CT molecular complexity index is 251. The first-order valence-corrected chi connectivity index (χ1v) is 7.73. The molecule has 0 saturated carbocycles. The fraction of sp³-hybridized carbons (Fsp3) is 0.933. The summed E-state index contributed by atoms with van der Waals surface area (Å²) in [7, 11) is 0. The van der Waals surface area contributed by atoms with Crippen molar-refractivity contribution in [2.24, 2.45) is 5.92 Å². The number of carbonyl (C=O) groups excluding carboxylic acids is 1. The van der Waals surface area contributed by atoms with Crippen molar-refractivity contribution in [1.82, 2.24) is 10.2 Å². The summed E-state index contributed by atoms with van der Waals surface area (Å²) < 4.78 is 5.26. The van der Waals surface area contributed by atoms with E-state index in [-0.39, 0.29) is 5.97 Å².